The molecule has 4 nitrogen and oxygen atoms in total. The minimum Gasteiger partial charge on any atom is -0.339 e. The molecular weight excluding hydrogens is 240 g/mol. The molecule has 2 fully saturated rings. The Morgan fingerprint density at radius 2 is 1.79 bits per heavy atom. The number of aromatic nitrogens is 1. The van der Waals surface area contributed by atoms with E-state index < -0.39 is 0 Å². The Labute approximate surface area is 112 Å². The van der Waals surface area contributed by atoms with E-state index in [0.29, 0.717) is 11.0 Å². The smallest absolute Gasteiger partial charge is 0.255 e. The number of aromatic amines is 1. The molecule has 0 bridgehead atoms. The van der Waals surface area contributed by atoms with Crippen molar-refractivity contribution in [1.29, 1.82) is 0 Å². The average molecular weight is 260 g/mol. The molecule has 1 spiro atoms. The molecule has 1 saturated carbocycles. The number of H-pyrrole nitrogens is 1. The first kappa shape index (κ1) is 12.5. The van der Waals surface area contributed by atoms with E-state index in [9.17, 15) is 9.59 Å². The molecular formula is C15H20N2O2. The minimum atomic E-state index is -0.167. The fraction of sp³-hybridized carbons (Fsp3) is 0.600. The number of amides is 1. The van der Waals surface area contributed by atoms with Gasteiger partial charge in [0.25, 0.3) is 5.91 Å². The standard InChI is InChI=1S/C15H20N2O2/c18-13-4-3-12(11-16-13)14(19)17-9-7-15(8-10-17)5-1-2-6-15/h3-4,11H,1-2,5-10H2,(H,16,18). The van der Waals surface area contributed by atoms with Gasteiger partial charge in [-0.15, -0.1) is 0 Å². The van der Waals surface area contributed by atoms with E-state index in [1.54, 1.807) is 6.07 Å². The number of nitrogens with one attached hydrogen (secondary N) is 1. The zero-order valence-electron chi connectivity index (χ0n) is 11.2. The normalized spacial score (nSPS) is 21.8. The van der Waals surface area contributed by atoms with Gasteiger partial charge in [-0.2, -0.15) is 0 Å². The molecule has 102 valence electrons. The Balaban J connectivity index is 1.66. The number of likely N-dealkylation sites (tertiary alicyclic amines) is 1. The zero-order valence-corrected chi connectivity index (χ0v) is 11.2. The maximum atomic E-state index is 12.3. The molecule has 1 saturated heterocycles. The van der Waals surface area contributed by atoms with E-state index in [2.05, 4.69) is 4.98 Å². The SMILES string of the molecule is O=C(c1ccc(=O)[nH]c1)N1CCC2(CCCC2)CC1. The maximum Gasteiger partial charge on any atom is 0.255 e. The Morgan fingerprint density at radius 3 is 2.37 bits per heavy atom. The first-order valence-electron chi connectivity index (χ1n) is 7.17. The van der Waals surface area contributed by atoms with Crippen LogP contribution in [0.15, 0.2) is 23.1 Å². The highest BCUT2D eigenvalue weighted by molar-refractivity contribution is 5.93. The molecule has 0 unspecified atom stereocenters. The van der Waals surface area contributed by atoms with Crippen LogP contribution in [0.2, 0.25) is 0 Å². The highest BCUT2D eigenvalue weighted by Gasteiger charge is 2.37. The van der Waals surface area contributed by atoms with Gasteiger partial charge in [-0.3, -0.25) is 9.59 Å². The number of nitrogens with zero attached hydrogens (tertiary/aromatic N) is 1. The van der Waals surface area contributed by atoms with Gasteiger partial charge < -0.3 is 9.88 Å². The summed E-state index contributed by atoms with van der Waals surface area (Å²) >= 11 is 0. The molecule has 1 aliphatic carbocycles. The molecule has 2 heterocycles. The molecule has 3 rings (SSSR count). The summed E-state index contributed by atoms with van der Waals surface area (Å²) in [6, 6.07) is 3.02. The van der Waals surface area contributed by atoms with Gasteiger partial charge in [0, 0.05) is 25.4 Å². The number of hydrogen-bond donors (Lipinski definition) is 1. The van der Waals surface area contributed by atoms with Gasteiger partial charge >= 0.3 is 0 Å². The van der Waals surface area contributed by atoms with Crippen molar-refractivity contribution in [2.45, 2.75) is 38.5 Å². The number of carbonyl (C=O) groups is 1. The van der Waals surface area contributed by atoms with E-state index in [1.807, 2.05) is 4.90 Å². The third kappa shape index (κ3) is 2.44. The van der Waals surface area contributed by atoms with Gasteiger partial charge in [-0.25, -0.2) is 0 Å². The summed E-state index contributed by atoms with van der Waals surface area (Å²) in [5, 5.41) is 0. The van der Waals surface area contributed by atoms with E-state index in [-0.39, 0.29) is 11.5 Å². The Hall–Kier alpha value is -1.58. The lowest BCUT2D eigenvalue weighted by molar-refractivity contribution is 0.0587. The van der Waals surface area contributed by atoms with Crippen molar-refractivity contribution < 1.29 is 4.79 Å². The van der Waals surface area contributed by atoms with Crippen LogP contribution in [0.3, 0.4) is 0 Å². The van der Waals surface area contributed by atoms with Gasteiger partial charge in [0.15, 0.2) is 0 Å². The van der Waals surface area contributed by atoms with E-state index in [1.165, 1.54) is 37.9 Å². The third-order valence-corrected chi connectivity index (χ3v) is 4.81. The van der Waals surface area contributed by atoms with Crippen LogP contribution in [0, 0.1) is 5.41 Å². The average Bonchev–Trinajstić information content (AvgIpc) is 2.88. The molecule has 4 heteroatoms. The first-order chi connectivity index (χ1) is 9.19. The number of rotatable bonds is 1. The number of pyridine rings is 1. The van der Waals surface area contributed by atoms with Crippen LogP contribution in [-0.4, -0.2) is 28.9 Å². The summed E-state index contributed by atoms with van der Waals surface area (Å²) in [6.07, 6.45) is 9.19. The van der Waals surface area contributed by atoms with E-state index in [4.69, 9.17) is 0 Å². The largest absolute Gasteiger partial charge is 0.339 e. The fourth-order valence-corrected chi connectivity index (χ4v) is 3.54. The topological polar surface area (TPSA) is 53.2 Å². The number of hydrogen-bond acceptors (Lipinski definition) is 2. The van der Waals surface area contributed by atoms with Crippen LogP contribution >= 0.6 is 0 Å². The Morgan fingerprint density at radius 1 is 1.11 bits per heavy atom. The quantitative estimate of drug-likeness (QED) is 0.841. The summed E-state index contributed by atoms with van der Waals surface area (Å²) in [5.41, 5.74) is 0.948. The molecule has 2 aliphatic rings. The van der Waals surface area contributed by atoms with Gasteiger partial charge in [0.05, 0.1) is 5.56 Å². The van der Waals surface area contributed by atoms with Crippen molar-refractivity contribution in [3.63, 3.8) is 0 Å². The highest BCUT2D eigenvalue weighted by atomic mass is 16.2. The molecule has 1 amide bonds. The van der Waals surface area contributed by atoms with Gasteiger partial charge in [0.2, 0.25) is 5.56 Å². The molecule has 1 aliphatic heterocycles. The van der Waals surface area contributed by atoms with Gasteiger partial charge in [0.1, 0.15) is 0 Å². The lowest BCUT2D eigenvalue weighted by Gasteiger charge is -2.39. The minimum absolute atomic E-state index is 0.0455. The first-order valence-corrected chi connectivity index (χ1v) is 7.17. The lowest BCUT2D eigenvalue weighted by Crippen LogP contribution is -2.42. The van der Waals surface area contributed by atoms with Crippen LogP contribution in [-0.2, 0) is 0 Å². The number of piperidine rings is 1. The highest BCUT2D eigenvalue weighted by Crippen LogP contribution is 2.46. The summed E-state index contributed by atoms with van der Waals surface area (Å²) in [7, 11) is 0. The van der Waals surface area contributed by atoms with E-state index in [0.717, 1.165) is 25.9 Å². The van der Waals surface area contributed by atoms with Crippen molar-refractivity contribution in [1.82, 2.24) is 9.88 Å². The second kappa shape index (κ2) is 4.83. The lowest BCUT2D eigenvalue weighted by atomic mass is 9.77. The van der Waals surface area contributed by atoms with Crippen molar-refractivity contribution in [3.05, 3.63) is 34.2 Å². The van der Waals surface area contributed by atoms with Crippen LogP contribution in [0.25, 0.3) is 0 Å². The second-order valence-corrected chi connectivity index (χ2v) is 5.94. The molecule has 1 aromatic rings. The summed E-state index contributed by atoms with van der Waals surface area (Å²) in [6.45, 7) is 1.72. The second-order valence-electron chi connectivity index (χ2n) is 5.94. The van der Waals surface area contributed by atoms with Crippen molar-refractivity contribution in [2.75, 3.05) is 13.1 Å². The Bertz CT molecular complexity index is 499. The third-order valence-electron chi connectivity index (χ3n) is 4.81. The monoisotopic (exact) mass is 260 g/mol. The van der Waals surface area contributed by atoms with Crippen LogP contribution in [0.1, 0.15) is 48.9 Å². The molecule has 1 aromatic heterocycles. The molecule has 0 radical (unpaired) electrons. The number of carbonyl (C=O) groups excluding carboxylic acids is 1. The predicted molar refractivity (Wildman–Crippen MR) is 73.1 cm³/mol. The van der Waals surface area contributed by atoms with Crippen molar-refractivity contribution in [3.8, 4) is 0 Å². The predicted octanol–water partition coefficient (Wildman–Crippen LogP) is 2.17. The van der Waals surface area contributed by atoms with Gasteiger partial charge in [-0.1, -0.05) is 12.8 Å². The van der Waals surface area contributed by atoms with Gasteiger partial charge in [-0.05, 0) is 37.2 Å². The van der Waals surface area contributed by atoms with Crippen LogP contribution < -0.4 is 5.56 Å². The zero-order chi connectivity index (χ0) is 13.3. The fourth-order valence-electron chi connectivity index (χ4n) is 3.54. The van der Waals surface area contributed by atoms with Crippen molar-refractivity contribution >= 4 is 5.91 Å². The summed E-state index contributed by atoms with van der Waals surface area (Å²) in [5.74, 6) is 0.0455. The van der Waals surface area contributed by atoms with Crippen molar-refractivity contribution in [2.24, 2.45) is 5.41 Å². The van der Waals surface area contributed by atoms with E-state index >= 15 is 0 Å². The van der Waals surface area contributed by atoms with Crippen LogP contribution in [0.5, 0.6) is 0 Å². The summed E-state index contributed by atoms with van der Waals surface area (Å²) < 4.78 is 0. The van der Waals surface area contributed by atoms with Crippen LogP contribution in [0.4, 0.5) is 0 Å². The molecule has 1 N–H and O–H groups in total. The summed E-state index contributed by atoms with van der Waals surface area (Å²) in [4.78, 5) is 27.8. The Kier molecular flexibility index (Phi) is 3.17. The maximum absolute atomic E-state index is 12.3. The molecule has 0 atom stereocenters. The molecule has 19 heavy (non-hydrogen) atoms. The molecule has 0 aromatic carbocycles.